The second-order valence-corrected chi connectivity index (χ2v) is 5.29. The predicted octanol–water partition coefficient (Wildman–Crippen LogP) is 2.82. The summed E-state index contributed by atoms with van der Waals surface area (Å²) in [5.74, 6) is 2.73. The van der Waals surface area contributed by atoms with Gasteiger partial charge in [-0.25, -0.2) is 0 Å². The van der Waals surface area contributed by atoms with Crippen LogP contribution in [0, 0.1) is 0 Å². The molecule has 0 aliphatic heterocycles. The van der Waals surface area contributed by atoms with E-state index in [0.717, 1.165) is 0 Å². The standard InChI is InChI=1S/C19H24O7/c1-21-11-7-13(23-3)17(14(8-11)24-4)19(20)18-15(25-5)9-12(22-2)10-16(18)26-6/h7-10,19-20H,1-6H3. The Balaban J connectivity index is 2.71. The molecule has 0 amide bonds. The minimum absolute atomic E-state index is 0.411. The van der Waals surface area contributed by atoms with Gasteiger partial charge in [0.15, 0.2) is 0 Å². The van der Waals surface area contributed by atoms with Crippen LogP contribution in [0.3, 0.4) is 0 Å². The Morgan fingerprint density at radius 3 is 1.00 bits per heavy atom. The number of aliphatic hydroxyl groups is 1. The number of hydrogen-bond donors (Lipinski definition) is 1. The van der Waals surface area contributed by atoms with Crippen molar-refractivity contribution in [2.75, 3.05) is 42.7 Å². The van der Waals surface area contributed by atoms with Crippen molar-refractivity contribution in [2.45, 2.75) is 6.10 Å². The number of aliphatic hydroxyl groups excluding tert-OH is 1. The molecule has 2 aromatic rings. The maximum atomic E-state index is 11.2. The molecular formula is C19H24O7. The summed E-state index contributed by atoms with van der Waals surface area (Å²) in [7, 11) is 9.11. The molecule has 0 radical (unpaired) electrons. The van der Waals surface area contributed by atoms with Gasteiger partial charge in [0, 0.05) is 24.3 Å². The van der Waals surface area contributed by atoms with E-state index in [1.165, 1.54) is 28.4 Å². The summed E-state index contributed by atoms with van der Waals surface area (Å²) in [5, 5.41) is 11.2. The first-order valence-corrected chi connectivity index (χ1v) is 7.82. The van der Waals surface area contributed by atoms with Crippen molar-refractivity contribution in [3.8, 4) is 34.5 Å². The summed E-state index contributed by atoms with van der Waals surface area (Å²) in [5.41, 5.74) is 0.857. The first-order chi connectivity index (χ1) is 12.5. The molecule has 1 N–H and O–H groups in total. The number of ether oxygens (including phenoxy) is 6. The smallest absolute Gasteiger partial charge is 0.132 e. The van der Waals surface area contributed by atoms with Gasteiger partial charge < -0.3 is 33.5 Å². The Labute approximate surface area is 153 Å². The van der Waals surface area contributed by atoms with Gasteiger partial charge in [-0.15, -0.1) is 0 Å². The van der Waals surface area contributed by atoms with Crippen LogP contribution in [0.1, 0.15) is 17.2 Å². The fourth-order valence-electron chi connectivity index (χ4n) is 2.75. The van der Waals surface area contributed by atoms with Crippen LogP contribution in [0.15, 0.2) is 24.3 Å². The van der Waals surface area contributed by atoms with E-state index >= 15 is 0 Å². The number of benzene rings is 2. The van der Waals surface area contributed by atoms with Crippen molar-refractivity contribution in [3.05, 3.63) is 35.4 Å². The fourth-order valence-corrected chi connectivity index (χ4v) is 2.75. The molecule has 0 saturated heterocycles. The zero-order valence-corrected chi connectivity index (χ0v) is 15.8. The molecule has 0 spiro atoms. The van der Waals surface area contributed by atoms with Crippen LogP contribution in [-0.2, 0) is 0 Å². The lowest BCUT2D eigenvalue weighted by atomic mass is 9.97. The average Bonchev–Trinajstić information content (AvgIpc) is 2.70. The SMILES string of the molecule is COc1cc(OC)c(C(O)c2c(OC)cc(OC)cc2OC)c(OC)c1. The first kappa shape index (κ1) is 19.5. The van der Waals surface area contributed by atoms with Crippen molar-refractivity contribution >= 4 is 0 Å². The van der Waals surface area contributed by atoms with E-state index in [4.69, 9.17) is 28.4 Å². The highest BCUT2D eigenvalue weighted by molar-refractivity contribution is 5.60. The molecule has 0 fully saturated rings. The van der Waals surface area contributed by atoms with Crippen LogP contribution < -0.4 is 28.4 Å². The lowest BCUT2D eigenvalue weighted by molar-refractivity contribution is 0.198. The topological polar surface area (TPSA) is 75.6 Å². The third-order valence-electron chi connectivity index (χ3n) is 4.05. The second-order valence-electron chi connectivity index (χ2n) is 5.29. The second kappa shape index (κ2) is 8.53. The van der Waals surface area contributed by atoms with E-state index in [1.54, 1.807) is 38.5 Å². The van der Waals surface area contributed by atoms with Crippen LogP contribution in [0.2, 0.25) is 0 Å². The Hall–Kier alpha value is -2.80. The molecule has 7 nitrogen and oxygen atoms in total. The number of rotatable bonds is 8. The Bertz CT molecular complexity index is 644. The lowest BCUT2D eigenvalue weighted by Gasteiger charge is -2.23. The summed E-state index contributed by atoms with van der Waals surface area (Å²) < 4.78 is 32.3. The molecule has 0 atom stereocenters. The van der Waals surface area contributed by atoms with Gasteiger partial charge in [-0.2, -0.15) is 0 Å². The molecule has 0 aromatic heterocycles. The zero-order chi connectivity index (χ0) is 19.3. The molecule has 0 bridgehead atoms. The van der Waals surface area contributed by atoms with Crippen molar-refractivity contribution in [3.63, 3.8) is 0 Å². The van der Waals surface area contributed by atoms with Crippen LogP contribution in [-0.4, -0.2) is 47.8 Å². The first-order valence-electron chi connectivity index (χ1n) is 7.82. The van der Waals surface area contributed by atoms with E-state index in [-0.39, 0.29) is 0 Å². The molecule has 2 aromatic carbocycles. The molecule has 7 heteroatoms. The van der Waals surface area contributed by atoms with E-state index in [2.05, 4.69) is 0 Å². The van der Waals surface area contributed by atoms with Gasteiger partial charge in [0.25, 0.3) is 0 Å². The van der Waals surface area contributed by atoms with E-state index in [1.807, 2.05) is 0 Å². The highest BCUT2D eigenvalue weighted by Gasteiger charge is 2.28. The minimum Gasteiger partial charge on any atom is -0.496 e. The molecule has 0 aliphatic rings. The molecule has 0 aliphatic carbocycles. The summed E-state index contributed by atoms with van der Waals surface area (Å²) in [6.45, 7) is 0. The van der Waals surface area contributed by atoms with Gasteiger partial charge in [0.2, 0.25) is 0 Å². The average molecular weight is 364 g/mol. The van der Waals surface area contributed by atoms with Crippen molar-refractivity contribution in [1.82, 2.24) is 0 Å². The zero-order valence-electron chi connectivity index (χ0n) is 15.8. The van der Waals surface area contributed by atoms with E-state index < -0.39 is 6.10 Å². The Kier molecular flexibility index (Phi) is 6.41. The van der Waals surface area contributed by atoms with Gasteiger partial charge in [-0.1, -0.05) is 0 Å². The van der Waals surface area contributed by atoms with Crippen molar-refractivity contribution in [2.24, 2.45) is 0 Å². The summed E-state index contributed by atoms with van der Waals surface area (Å²) in [6, 6.07) is 6.68. The molecular weight excluding hydrogens is 340 g/mol. The third kappa shape index (κ3) is 3.57. The van der Waals surface area contributed by atoms with E-state index in [9.17, 15) is 5.11 Å². The van der Waals surface area contributed by atoms with Gasteiger partial charge >= 0.3 is 0 Å². The molecule has 0 heterocycles. The minimum atomic E-state index is -1.14. The quantitative estimate of drug-likeness (QED) is 0.772. The molecule has 0 unspecified atom stereocenters. The molecule has 0 saturated carbocycles. The van der Waals surface area contributed by atoms with Crippen LogP contribution in [0.25, 0.3) is 0 Å². The molecule has 142 valence electrons. The highest BCUT2D eigenvalue weighted by Crippen LogP contribution is 2.46. The third-order valence-corrected chi connectivity index (χ3v) is 4.05. The summed E-state index contributed by atoms with van der Waals surface area (Å²) in [6.07, 6.45) is -1.14. The summed E-state index contributed by atoms with van der Waals surface area (Å²) >= 11 is 0. The number of hydrogen-bond acceptors (Lipinski definition) is 7. The molecule has 2 rings (SSSR count). The lowest BCUT2D eigenvalue weighted by Crippen LogP contribution is -2.09. The molecule has 26 heavy (non-hydrogen) atoms. The van der Waals surface area contributed by atoms with Crippen LogP contribution in [0.5, 0.6) is 34.5 Å². The number of methoxy groups -OCH3 is 6. The monoisotopic (exact) mass is 364 g/mol. The van der Waals surface area contributed by atoms with Crippen molar-refractivity contribution in [1.29, 1.82) is 0 Å². The van der Waals surface area contributed by atoms with Gasteiger partial charge in [-0.05, 0) is 0 Å². The van der Waals surface area contributed by atoms with Gasteiger partial charge in [-0.3, -0.25) is 0 Å². The van der Waals surface area contributed by atoms with Crippen LogP contribution >= 0.6 is 0 Å². The Morgan fingerprint density at radius 1 is 0.538 bits per heavy atom. The van der Waals surface area contributed by atoms with E-state index in [0.29, 0.717) is 45.6 Å². The van der Waals surface area contributed by atoms with Crippen molar-refractivity contribution < 1.29 is 33.5 Å². The van der Waals surface area contributed by atoms with Gasteiger partial charge in [0.05, 0.1) is 53.8 Å². The highest BCUT2D eigenvalue weighted by atomic mass is 16.5. The normalized spacial score (nSPS) is 10.5. The maximum absolute atomic E-state index is 11.2. The summed E-state index contributed by atoms with van der Waals surface area (Å²) in [4.78, 5) is 0. The largest absolute Gasteiger partial charge is 0.496 e. The Morgan fingerprint density at radius 2 is 0.808 bits per heavy atom. The fraction of sp³-hybridized carbons (Fsp3) is 0.368. The van der Waals surface area contributed by atoms with Gasteiger partial charge in [0.1, 0.15) is 40.6 Å². The van der Waals surface area contributed by atoms with Crippen LogP contribution in [0.4, 0.5) is 0 Å². The predicted molar refractivity (Wildman–Crippen MR) is 96.3 cm³/mol. The maximum Gasteiger partial charge on any atom is 0.132 e.